The van der Waals surface area contributed by atoms with Gasteiger partial charge in [-0.05, 0) is 93.0 Å². The van der Waals surface area contributed by atoms with Gasteiger partial charge in [-0.3, -0.25) is 4.79 Å². The maximum atomic E-state index is 14.4. The second kappa shape index (κ2) is 7.29. The molecule has 4 fully saturated rings. The van der Waals surface area contributed by atoms with Crippen LogP contribution in [0.25, 0.3) is 5.69 Å². The lowest BCUT2D eigenvalue weighted by molar-refractivity contribution is -0.00765. The van der Waals surface area contributed by atoms with Gasteiger partial charge >= 0.3 is 0 Å². The Kier molecular flexibility index (Phi) is 4.49. The van der Waals surface area contributed by atoms with Gasteiger partial charge in [0.1, 0.15) is 5.82 Å². The number of amides is 1. The molecule has 1 amide bonds. The van der Waals surface area contributed by atoms with Gasteiger partial charge < -0.3 is 5.32 Å². The first kappa shape index (κ1) is 19.7. The van der Waals surface area contributed by atoms with Crippen molar-refractivity contribution >= 4 is 11.6 Å². The van der Waals surface area contributed by atoms with Crippen LogP contribution in [0.3, 0.4) is 0 Å². The average molecular weight is 430 g/mol. The van der Waals surface area contributed by atoms with E-state index in [9.17, 15) is 9.18 Å². The van der Waals surface area contributed by atoms with Gasteiger partial charge in [0.2, 0.25) is 0 Å². The Morgan fingerprint density at radius 2 is 1.69 bits per heavy atom. The normalized spacial score (nSPS) is 28.1. The van der Waals surface area contributed by atoms with Crippen LogP contribution in [-0.4, -0.2) is 15.7 Å². The number of rotatable bonds is 4. The highest BCUT2D eigenvalue weighted by Crippen LogP contribution is 2.60. The summed E-state index contributed by atoms with van der Waals surface area (Å²) < 4.78 is 16.2. The van der Waals surface area contributed by atoms with E-state index in [1.54, 1.807) is 12.1 Å². The van der Waals surface area contributed by atoms with Gasteiger partial charge in [-0.25, -0.2) is 9.07 Å². The van der Waals surface area contributed by atoms with Crippen molar-refractivity contribution in [1.82, 2.24) is 9.78 Å². The lowest BCUT2D eigenvalue weighted by Gasteiger charge is -2.56. The van der Waals surface area contributed by atoms with Gasteiger partial charge in [0, 0.05) is 11.6 Å². The number of benzene rings is 2. The zero-order chi connectivity index (χ0) is 21.9. The molecule has 2 aromatic carbocycles. The van der Waals surface area contributed by atoms with Gasteiger partial charge in [-0.2, -0.15) is 5.10 Å². The van der Waals surface area contributed by atoms with E-state index in [0.29, 0.717) is 5.56 Å². The minimum absolute atomic E-state index is 0.0351. The molecule has 3 aromatic rings. The van der Waals surface area contributed by atoms with Crippen LogP contribution in [0.15, 0.2) is 54.7 Å². The summed E-state index contributed by atoms with van der Waals surface area (Å²) in [4.78, 5) is 13.5. The molecule has 0 aliphatic heterocycles. The number of hydrogen-bond acceptors (Lipinski definition) is 2. The number of hydrogen-bond donors (Lipinski definition) is 1. The third-order valence-electron chi connectivity index (χ3n) is 7.89. The minimum Gasteiger partial charge on any atom is -0.319 e. The van der Waals surface area contributed by atoms with Crippen LogP contribution in [0.1, 0.15) is 60.1 Å². The van der Waals surface area contributed by atoms with E-state index in [1.807, 2.05) is 48.1 Å². The summed E-state index contributed by atoms with van der Waals surface area (Å²) in [7, 11) is 0. The summed E-state index contributed by atoms with van der Waals surface area (Å²) in [6, 6.07) is 14.7. The summed E-state index contributed by atoms with van der Waals surface area (Å²) in [5, 5.41) is 7.87. The van der Waals surface area contributed by atoms with Gasteiger partial charge in [0.05, 0.1) is 22.6 Å². The molecule has 0 saturated heterocycles. The standard InChI is InChI=1S/C27H28FN3O/c1-17-7-8-23(28)24(9-17)29-26(32)22-16-31(21-5-3-2-4-6-21)30-25(22)27-13-18-10-19(14-27)12-20(11-18)15-27/h2-9,16,18-20H,10-15H2,1H3,(H,29,32). The van der Waals surface area contributed by atoms with Gasteiger partial charge in [-0.1, -0.05) is 24.3 Å². The molecule has 4 saturated carbocycles. The number of nitrogens with zero attached hydrogens (tertiary/aromatic N) is 2. The first-order valence-corrected chi connectivity index (χ1v) is 11.7. The molecule has 0 radical (unpaired) electrons. The second-order valence-corrected chi connectivity index (χ2v) is 10.3. The number of halogens is 1. The molecule has 4 aliphatic carbocycles. The summed E-state index contributed by atoms with van der Waals surface area (Å²) in [6.45, 7) is 1.89. The molecular formula is C27H28FN3O. The van der Waals surface area contributed by atoms with Crippen molar-refractivity contribution in [3.63, 3.8) is 0 Å². The summed E-state index contributed by atoms with van der Waals surface area (Å²) in [6.07, 6.45) is 9.17. The van der Waals surface area contributed by atoms with Crippen LogP contribution in [0.5, 0.6) is 0 Å². The van der Waals surface area contributed by atoms with Crippen molar-refractivity contribution in [3.8, 4) is 5.69 Å². The summed E-state index contributed by atoms with van der Waals surface area (Å²) in [5.74, 6) is 1.54. The molecule has 4 nitrogen and oxygen atoms in total. The van der Waals surface area contributed by atoms with Crippen molar-refractivity contribution in [1.29, 1.82) is 0 Å². The Morgan fingerprint density at radius 1 is 1.03 bits per heavy atom. The lowest BCUT2D eigenvalue weighted by Crippen LogP contribution is -2.49. The number of carbonyl (C=O) groups is 1. The van der Waals surface area contributed by atoms with E-state index in [2.05, 4.69) is 5.32 Å². The molecule has 0 atom stereocenters. The monoisotopic (exact) mass is 429 g/mol. The fourth-order valence-electron chi connectivity index (χ4n) is 6.97. The number of para-hydroxylation sites is 1. The molecule has 5 heteroatoms. The molecule has 0 unspecified atom stereocenters. The van der Waals surface area contributed by atoms with Crippen molar-refractivity contribution in [2.24, 2.45) is 17.8 Å². The third-order valence-corrected chi connectivity index (χ3v) is 7.89. The molecular weight excluding hydrogens is 401 g/mol. The Balaban J connectivity index is 1.43. The smallest absolute Gasteiger partial charge is 0.259 e. The molecule has 164 valence electrons. The predicted molar refractivity (Wildman–Crippen MR) is 123 cm³/mol. The first-order valence-electron chi connectivity index (χ1n) is 11.7. The summed E-state index contributed by atoms with van der Waals surface area (Å²) >= 11 is 0. The zero-order valence-electron chi connectivity index (χ0n) is 18.4. The molecule has 4 bridgehead atoms. The number of nitrogens with one attached hydrogen (secondary N) is 1. The van der Waals surface area contributed by atoms with E-state index in [4.69, 9.17) is 5.10 Å². The molecule has 7 rings (SSSR count). The van der Waals surface area contributed by atoms with Crippen LogP contribution in [0.2, 0.25) is 0 Å². The quantitative estimate of drug-likeness (QED) is 0.550. The molecule has 1 N–H and O–H groups in total. The second-order valence-electron chi connectivity index (χ2n) is 10.3. The minimum atomic E-state index is -0.421. The van der Waals surface area contributed by atoms with Gasteiger partial charge in [0.25, 0.3) is 5.91 Å². The van der Waals surface area contributed by atoms with Crippen LogP contribution in [0, 0.1) is 30.5 Å². The van der Waals surface area contributed by atoms with Crippen LogP contribution in [0.4, 0.5) is 10.1 Å². The Hall–Kier alpha value is -2.95. The number of anilines is 1. The SMILES string of the molecule is Cc1ccc(F)c(NC(=O)c2cn(-c3ccccc3)nc2C23CC4CC(CC(C4)C2)C3)c1. The largest absolute Gasteiger partial charge is 0.319 e. The lowest BCUT2D eigenvalue weighted by atomic mass is 9.48. The molecule has 1 aromatic heterocycles. The Bertz CT molecular complexity index is 1150. The van der Waals surface area contributed by atoms with Crippen molar-refractivity contribution < 1.29 is 9.18 Å². The third kappa shape index (κ3) is 3.26. The molecule has 0 spiro atoms. The van der Waals surface area contributed by atoms with Crippen LogP contribution >= 0.6 is 0 Å². The molecule has 1 heterocycles. The van der Waals surface area contributed by atoms with Crippen molar-refractivity contribution in [3.05, 3.63) is 77.4 Å². The number of aromatic nitrogens is 2. The Morgan fingerprint density at radius 3 is 2.34 bits per heavy atom. The highest BCUT2D eigenvalue weighted by atomic mass is 19.1. The number of carbonyl (C=O) groups excluding carboxylic acids is 1. The van der Waals surface area contributed by atoms with Crippen molar-refractivity contribution in [2.45, 2.75) is 50.9 Å². The fraction of sp³-hybridized carbons (Fsp3) is 0.407. The van der Waals surface area contributed by atoms with Crippen LogP contribution < -0.4 is 5.32 Å². The van der Waals surface area contributed by atoms with Gasteiger partial charge in [0.15, 0.2) is 0 Å². The highest BCUT2D eigenvalue weighted by molar-refractivity contribution is 6.05. The van der Waals surface area contributed by atoms with E-state index in [0.717, 1.165) is 54.0 Å². The highest BCUT2D eigenvalue weighted by Gasteiger charge is 2.53. The van der Waals surface area contributed by atoms with E-state index >= 15 is 0 Å². The molecule has 4 aliphatic rings. The topological polar surface area (TPSA) is 46.9 Å². The van der Waals surface area contributed by atoms with E-state index < -0.39 is 5.82 Å². The van der Waals surface area contributed by atoms with Gasteiger partial charge in [-0.15, -0.1) is 0 Å². The maximum absolute atomic E-state index is 14.4. The maximum Gasteiger partial charge on any atom is 0.259 e. The van der Waals surface area contributed by atoms with E-state index in [1.165, 1.54) is 25.3 Å². The number of aryl methyl sites for hydroxylation is 1. The van der Waals surface area contributed by atoms with Crippen molar-refractivity contribution in [2.75, 3.05) is 5.32 Å². The fourth-order valence-corrected chi connectivity index (χ4v) is 6.97. The summed E-state index contributed by atoms with van der Waals surface area (Å²) in [5.41, 5.74) is 3.51. The average Bonchev–Trinajstić information content (AvgIpc) is 3.23. The first-order chi connectivity index (χ1) is 15.5. The van der Waals surface area contributed by atoms with Crippen LogP contribution in [-0.2, 0) is 5.41 Å². The Labute approximate surface area is 187 Å². The molecule has 32 heavy (non-hydrogen) atoms. The predicted octanol–water partition coefficient (Wildman–Crippen LogP) is 6.04. The van der Waals surface area contributed by atoms with E-state index in [-0.39, 0.29) is 17.0 Å². The zero-order valence-corrected chi connectivity index (χ0v) is 18.4.